The van der Waals surface area contributed by atoms with Gasteiger partial charge in [-0.25, -0.2) is 0 Å². The molecule has 0 fully saturated rings. The molecule has 1 N–H and O–H groups in total. The second-order valence-electron chi connectivity index (χ2n) is 5.44. The first kappa shape index (κ1) is 21.3. The van der Waals surface area contributed by atoms with Crippen LogP contribution in [0, 0.1) is 11.3 Å². The molecule has 0 saturated heterocycles. The largest absolute Gasteiger partial charge is 0.416 e. The van der Waals surface area contributed by atoms with Gasteiger partial charge in [-0.15, -0.1) is 0 Å². The van der Waals surface area contributed by atoms with E-state index >= 15 is 0 Å². The summed E-state index contributed by atoms with van der Waals surface area (Å²) in [5, 5.41) is 11.6. The topological polar surface area (TPSA) is 52.9 Å². The second-order valence-corrected chi connectivity index (χ2v) is 5.88. The zero-order valence-electron chi connectivity index (χ0n) is 13.6. The highest BCUT2D eigenvalue weighted by atomic mass is 35.5. The number of nitrogens with zero attached hydrogens (tertiary/aromatic N) is 1. The fraction of sp³-hybridized carbons (Fsp3) is 0.111. The van der Waals surface area contributed by atoms with E-state index in [1.807, 2.05) is 0 Å². The lowest BCUT2D eigenvalue weighted by Gasteiger charge is -2.14. The monoisotopic (exact) mass is 418 g/mol. The highest BCUT2D eigenvalue weighted by Crippen LogP contribution is 2.37. The van der Waals surface area contributed by atoms with Crippen molar-refractivity contribution in [3.05, 3.63) is 76.0 Å². The number of halogens is 7. The number of allylic oxidation sites excluding steroid dienone is 1. The number of carbonyl (C=O) groups is 1. The Labute approximate surface area is 159 Å². The standard InChI is InChI=1S/C18H9ClF6N2O/c19-14-3-1-10(2-4-14)16(28)11(8-26)9-27-15-6-12(17(20,21)22)5-13(7-15)18(23,24)25/h1-7,9,27H. The van der Waals surface area contributed by atoms with E-state index in [-0.39, 0.29) is 11.6 Å². The van der Waals surface area contributed by atoms with Gasteiger partial charge in [-0.05, 0) is 42.5 Å². The third kappa shape index (κ3) is 5.27. The Bertz CT molecular complexity index is 924. The van der Waals surface area contributed by atoms with Crippen LogP contribution in [0.2, 0.25) is 5.02 Å². The number of nitriles is 1. The predicted molar refractivity (Wildman–Crippen MR) is 89.5 cm³/mol. The summed E-state index contributed by atoms with van der Waals surface area (Å²) < 4.78 is 77.1. The summed E-state index contributed by atoms with van der Waals surface area (Å²) in [6.07, 6.45) is -9.29. The summed E-state index contributed by atoms with van der Waals surface area (Å²) in [5.74, 6) is -0.783. The minimum absolute atomic E-state index is 0.0288. The maximum absolute atomic E-state index is 12.9. The van der Waals surface area contributed by atoms with E-state index < -0.39 is 40.5 Å². The van der Waals surface area contributed by atoms with Gasteiger partial charge in [-0.1, -0.05) is 11.6 Å². The number of alkyl halides is 6. The van der Waals surface area contributed by atoms with Crippen molar-refractivity contribution in [1.82, 2.24) is 0 Å². The van der Waals surface area contributed by atoms with Crippen LogP contribution in [-0.2, 0) is 12.4 Å². The summed E-state index contributed by atoms with van der Waals surface area (Å²) in [6.45, 7) is 0. The molecule has 0 unspecified atom stereocenters. The highest BCUT2D eigenvalue weighted by molar-refractivity contribution is 6.30. The van der Waals surface area contributed by atoms with Crippen LogP contribution in [0.15, 0.2) is 54.2 Å². The number of nitrogens with one attached hydrogen (secondary N) is 1. The Kier molecular flexibility index (Phi) is 6.04. The van der Waals surface area contributed by atoms with Crippen LogP contribution >= 0.6 is 11.6 Å². The fourth-order valence-electron chi connectivity index (χ4n) is 2.10. The van der Waals surface area contributed by atoms with Gasteiger partial charge in [-0.3, -0.25) is 4.79 Å². The molecule has 0 saturated carbocycles. The number of carbonyl (C=O) groups excluding carboxylic acids is 1. The van der Waals surface area contributed by atoms with Gasteiger partial charge in [0.15, 0.2) is 0 Å². The summed E-state index contributed by atoms with van der Waals surface area (Å²) in [5.41, 5.74) is -4.09. The Hall–Kier alpha value is -2.99. The lowest BCUT2D eigenvalue weighted by Crippen LogP contribution is -2.12. The average molecular weight is 419 g/mol. The van der Waals surface area contributed by atoms with Gasteiger partial charge in [-0.2, -0.15) is 31.6 Å². The SMILES string of the molecule is N#CC(=CNc1cc(C(F)(F)F)cc(C(F)(F)F)c1)C(=O)c1ccc(Cl)cc1. The minimum Gasteiger partial charge on any atom is -0.360 e. The molecule has 146 valence electrons. The quantitative estimate of drug-likeness (QED) is 0.283. The number of hydrogen-bond donors (Lipinski definition) is 1. The Morgan fingerprint density at radius 2 is 1.46 bits per heavy atom. The van der Waals surface area contributed by atoms with Crippen molar-refractivity contribution >= 4 is 23.1 Å². The van der Waals surface area contributed by atoms with Gasteiger partial charge in [0, 0.05) is 22.5 Å². The molecule has 10 heteroatoms. The van der Waals surface area contributed by atoms with Gasteiger partial charge in [0.25, 0.3) is 0 Å². The number of anilines is 1. The lowest BCUT2D eigenvalue weighted by atomic mass is 10.1. The van der Waals surface area contributed by atoms with E-state index in [1.165, 1.54) is 24.3 Å². The maximum atomic E-state index is 12.9. The Morgan fingerprint density at radius 1 is 0.964 bits per heavy atom. The molecule has 0 aliphatic carbocycles. The summed E-state index contributed by atoms with van der Waals surface area (Å²) in [7, 11) is 0. The van der Waals surface area contributed by atoms with Crippen LogP contribution in [-0.4, -0.2) is 5.78 Å². The van der Waals surface area contributed by atoms with Gasteiger partial charge in [0.1, 0.15) is 11.6 Å². The number of Topliss-reactive ketones (excluding diaryl/α,β-unsaturated/α-hetero) is 1. The van der Waals surface area contributed by atoms with Crippen molar-refractivity contribution in [2.75, 3.05) is 5.32 Å². The molecule has 0 radical (unpaired) electrons. The van der Waals surface area contributed by atoms with E-state index in [4.69, 9.17) is 16.9 Å². The zero-order valence-corrected chi connectivity index (χ0v) is 14.4. The molecule has 0 amide bonds. The van der Waals surface area contributed by atoms with Crippen LogP contribution in [0.25, 0.3) is 0 Å². The number of rotatable bonds is 4. The first-order valence-electron chi connectivity index (χ1n) is 7.38. The van der Waals surface area contributed by atoms with Crippen molar-refractivity contribution in [2.24, 2.45) is 0 Å². The van der Waals surface area contributed by atoms with Crippen LogP contribution in [0.5, 0.6) is 0 Å². The second kappa shape index (κ2) is 7.94. The normalized spacial score (nSPS) is 12.4. The number of benzene rings is 2. The third-order valence-electron chi connectivity index (χ3n) is 3.44. The van der Waals surface area contributed by atoms with Crippen molar-refractivity contribution in [1.29, 1.82) is 5.26 Å². The van der Waals surface area contributed by atoms with Gasteiger partial charge in [0.05, 0.1) is 11.1 Å². The number of ketones is 1. The molecule has 2 aromatic carbocycles. The highest BCUT2D eigenvalue weighted by Gasteiger charge is 2.36. The van der Waals surface area contributed by atoms with E-state index in [2.05, 4.69) is 5.32 Å². The summed E-state index contributed by atoms with van der Waals surface area (Å²) in [6, 6.07) is 7.81. The van der Waals surface area contributed by atoms with Gasteiger partial charge < -0.3 is 5.32 Å². The molecule has 0 heterocycles. The molecule has 3 nitrogen and oxygen atoms in total. The molecular formula is C18H9ClF6N2O. The first-order chi connectivity index (χ1) is 12.9. The van der Waals surface area contributed by atoms with Crippen molar-refractivity contribution in [2.45, 2.75) is 12.4 Å². The average Bonchev–Trinajstić information content (AvgIpc) is 2.61. The van der Waals surface area contributed by atoms with Gasteiger partial charge >= 0.3 is 12.4 Å². The predicted octanol–water partition coefficient (Wildman–Crippen LogP) is 6.08. The lowest BCUT2D eigenvalue weighted by molar-refractivity contribution is -0.143. The smallest absolute Gasteiger partial charge is 0.360 e. The van der Waals surface area contributed by atoms with Crippen LogP contribution in [0.1, 0.15) is 21.5 Å². The van der Waals surface area contributed by atoms with Gasteiger partial charge in [0.2, 0.25) is 5.78 Å². The number of hydrogen-bond acceptors (Lipinski definition) is 3. The van der Waals surface area contributed by atoms with Crippen LogP contribution < -0.4 is 5.32 Å². The Balaban J connectivity index is 2.38. The molecular weight excluding hydrogens is 410 g/mol. The van der Waals surface area contributed by atoms with Crippen molar-refractivity contribution in [3.8, 4) is 6.07 Å². The molecule has 0 atom stereocenters. The fourth-order valence-corrected chi connectivity index (χ4v) is 2.23. The van der Waals surface area contributed by atoms with E-state index in [9.17, 15) is 31.1 Å². The summed E-state index contributed by atoms with van der Waals surface area (Å²) in [4.78, 5) is 12.2. The van der Waals surface area contributed by atoms with E-state index in [1.54, 1.807) is 6.07 Å². The maximum Gasteiger partial charge on any atom is 0.416 e. The zero-order chi connectivity index (χ0) is 21.1. The van der Waals surface area contributed by atoms with Crippen LogP contribution in [0.4, 0.5) is 32.0 Å². The molecule has 0 bridgehead atoms. The summed E-state index contributed by atoms with van der Waals surface area (Å²) >= 11 is 5.69. The van der Waals surface area contributed by atoms with Crippen LogP contribution in [0.3, 0.4) is 0 Å². The molecule has 0 aliphatic heterocycles. The molecule has 2 rings (SSSR count). The molecule has 2 aromatic rings. The third-order valence-corrected chi connectivity index (χ3v) is 3.69. The molecule has 28 heavy (non-hydrogen) atoms. The van der Waals surface area contributed by atoms with E-state index in [0.29, 0.717) is 17.2 Å². The van der Waals surface area contributed by atoms with Crippen molar-refractivity contribution < 1.29 is 31.1 Å². The minimum atomic E-state index is -5.02. The Morgan fingerprint density at radius 3 is 1.89 bits per heavy atom. The molecule has 0 spiro atoms. The molecule has 0 aromatic heterocycles. The van der Waals surface area contributed by atoms with E-state index in [0.717, 1.165) is 6.20 Å². The van der Waals surface area contributed by atoms with Crippen molar-refractivity contribution in [3.63, 3.8) is 0 Å². The first-order valence-corrected chi connectivity index (χ1v) is 7.76. The molecule has 0 aliphatic rings.